The molecule has 2 aromatic rings. The molecule has 11 heteroatoms. The Bertz CT molecular complexity index is 1290. The summed E-state index contributed by atoms with van der Waals surface area (Å²) in [5.41, 5.74) is 1.57. The second kappa shape index (κ2) is 9.24. The van der Waals surface area contributed by atoms with Crippen LogP contribution in [-0.4, -0.2) is 57.6 Å². The van der Waals surface area contributed by atoms with Gasteiger partial charge in [-0.3, -0.25) is 9.59 Å². The molecule has 0 radical (unpaired) electrons. The van der Waals surface area contributed by atoms with E-state index in [4.69, 9.17) is 0 Å². The zero-order valence-corrected chi connectivity index (χ0v) is 19.5. The summed E-state index contributed by atoms with van der Waals surface area (Å²) in [6, 6.07) is 12.1. The van der Waals surface area contributed by atoms with Crippen molar-refractivity contribution >= 4 is 37.4 Å². The van der Waals surface area contributed by atoms with Gasteiger partial charge in [0.15, 0.2) is 9.84 Å². The van der Waals surface area contributed by atoms with Crippen molar-refractivity contribution in [2.24, 2.45) is 0 Å². The topological polar surface area (TPSA) is 130 Å². The van der Waals surface area contributed by atoms with E-state index in [-0.39, 0.29) is 34.3 Å². The molecule has 2 aromatic carbocycles. The predicted octanol–water partition coefficient (Wildman–Crippen LogP) is 1.53. The van der Waals surface area contributed by atoms with E-state index >= 15 is 0 Å². The van der Waals surface area contributed by atoms with Crippen molar-refractivity contribution < 1.29 is 26.4 Å². The van der Waals surface area contributed by atoms with Crippen LogP contribution in [0.2, 0.25) is 0 Å². The number of hydrogen-bond acceptors (Lipinski definition) is 6. The summed E-state index contributed by atoms with van der Waals surface area (Å²) in [4.78, 5) is 26.3. The van der Waals surface area contributed by atoms with Crippen LogP contribution in [-0.2, 0) is 31.2 Å². The Balaban J connectivity index is 1.44. The fourth-order valence-electron chi connectivity index (χ4n) is 4.02. The lowest BCUT2D eigenvalue weighted by Gasteiger charge is -2.16. The first kappa shape index (κ1) is 23.4. The number of hydrogen-bond donors (Lipinski definition) is 2. The zero-order valence-electron chi connectivity index (χ0n) is 17.9. The fourth-order valence-corrected chi connectivity index (χ4v) is 7.12. The van der Waals surface area contributed by atoms with Crippen LogP contribution in [0.3, 0.4) is 0 Å². The number of amides is 2. The van der Waals surface area contributed by atoms with Gasteiger partial charge in [-0.25, -0.2) is 21.6 Å². The molecule has 2 amide bonds. The van der Waals surface area contributed by atoms with Crippen LogP contribution in [0.15, 0.2) is 53.4 Å². The average molecular weight is 492 g/mol. The third-order valence-corrected chi connectivity index (χ3v) is 8.98. The van der Waals surface area contributed by atoms with E-state index in [0.717, 1.165) is 18.5 Å². The van der Waals surface area contributed by atoms with Crippen molar-refractivity contribution in [2.75, 3.05) is 23.4 Å². The van der Waals surface area contributed by atoms with Crippen LogP contribution in [0.25, 0.3) is 0 Å². The maximum absolute atomic E-state index is 12.8. The Morgan fingerprint density at radius 1 is 1.12 bits per heavy atom. The highest BCUT2D eigenvalue weighted by molar-refractivity contribution is 7.92. The van der Waals surface area contributed by atoms with Crippen molar-refractivity contribution in [2.45, 2.75) is 36.7 Å². The van der Waals surface area contributed by atoms with Gasteiger partial charge >= 0.3 is 0 Å². The van der Waals surface area contributed by atoms with E-state index in [1.807, 2.05) is 6.07 Å². The highest BCUT2D eigenvalue weighted by atomic mass is 32.2. The molecule has 2 saturated heterocycles. The SMILES string of the molecule is O=C(Nc1cccc(CN2CCCC2=O)c1)c1cccc(S(=O)(=O)N[C@@H]2CCS(=O)(=O)C2)c1. The molecule has 0 spiro atoms. The monoisotopic (exact) mass is 491 g/mol. The van der Waals surface area contributed by atoms with E-state index in [1.165, 1.54) is 24.3 Å². The quantitative estimate of drug-likeness (QED) is 0.604. The third-order valence-electron chi connectivity index (χ3n) is 5.69. The van der Waals surface area contributed by atoms with Crippen LogP contribution >= 0.6 is 0 Å². The number of carbonyl (C=O) groups is 2. The summed E-state index contributed by atoms with van der Waals surface area (Å²) in [5, 5.41) is 2.76. The van der Waals surface area contributed by atoms with E-state index < -0.39 is 31.8 Å². The number of sulfonamides is 1. The first-order chi connectivity index (χ1) is 15.6. The zero-order chi connectivity index (χ0) is 23.6. The number of sulfone groups is 1. The van der Waals surface area contributed by atoms with Crippen LogP contribution in [0, 0.1) is 0 Å². The average Bonchev–Trinajstić information content (AvgIpc) is 3.32. The maximum atomic E-state index is 12.8. The van der Waals surface area contributed by atoms with Crippen molar-refractivity contribution in [1.82, 2.24) is 9.62 Å². The van der Waals surface area contributed by atoms with E-state index in [0.29, 0.717) is 18.7 Å². The first-order valence-electron chi connectivity index (χ1n) is 10.6. The molecule has 0 bridgehead atoms. The number of carbonyl (C=O) groups excluding carboxylic acids is 2. The highest BCUT2D eigenvalue weighted by Crippen LogP contribution is 2.20. The largest absolute Gasteiger partial charge is 0.338 e. The van der Waals surface area contributed by atoms with Gasteiger partial charge in [0.05, 0.1) is 16.4 Å². The van der Waals surface area contributed by atoms with Crippen LogP contribution in [0.1, 0.15) is 35.2 Å². The number of rotatable bonds is 7. The second-order valence-corrected chi connectivity index (χ2v) is 12.3. The molecule has 0 aliphatic carbocycles. The fraction of sp³-hybridized carbons (Fsp3) is 0.364. The van der Waals surface area contributed by atoms with Gasteiger partial charge in [0.1, 0.15) is 0 Å². The molecule has 9 nitrogen and oxygen atoms in total. The van der Waals surface area contributed by atoms with Gasteiger partial charge in [-0.15, -0.1) is 0 Å². The summed E-state index contributed by atoms with van der Waals surface area (Å²) in [6.07, 6.45) is 1.63. The third kappa shape index (κ3) is 5.79. The molecule has 2 N–H and O–H groups in total. The molecular formula is C22H25N3O6S2. The molecule has 2 aliphatic heterocycles. The lowest BCUT2D eigenvalue weighted by molar-refractivity contribution is -0.128. The standard InChI is InChI=1S/C22H25N3O6S2/c26-21-8-3-10-25(21)14-16-4-1-6-18(12-16)23-22(27)17-5-2-7-20(13-17)33(30,31)24-19-9-11-32(28,29)15-19/h1-2,4-7,12-13,19,24H,3,8-11,14-15H2,(H,23,27)/t19-/m1/s1. The molecular weight excluding hydrogens is 466 g/mol. The van der Waals surface area contributed by atoms with Crippen LogP contribution in [0.4, 0.5) is 5.69 Å². The maximum Gasteiger partial charge on any atom is 0.255 e. The van der Waals surface area contributed by atoms with Crippen molar-refractivity contribution in [1.29, 1.82) is 0 Å². The van der Waals surface area contributed by atoms with Crippen molar-refractivity contribution in [3.8, 4) is 0 Å². The summed E-state index contributed by atoms with van der Waals surface area (Å²) in [7, 11) is -7.21. The van der Waals surface area contributed by atoms with Crippen molar-refractivity contribution in [3.05, 3.63) is 59.7 Å². The molecule has 0 unspecified atom stereocenters. The number of anilines is 1. The molecule has 176 valence electrons. The number of likely N-dealkylation sites (tertiary alicyclic amines) is 1. The Labute approximate surface area is 193 Å². The summed E-state index contributed by atoms with van der Waals surface area (Å²) in [5.74, 6) is -0.643. The minimum Gasteiger partial charge on any atom is -0.338 e. The normalized spacial score (nSPS) is 20.2. The molecule has 0 saturated carbocycles. The molecule has 2 fully saturated rings. The van der Waals surface area contributed by atoms with E-state index in [1.54, 1.807) is 23.1 Å². The van der Waals surface area contributed by atoms with Crippen LogP contribution in [0.5, 0.6) is 0 Å². The Kier molecular flexibility index (Phi) is 6.55. The summed E-state index contributed by atoms with van der Waals surface area (Å²) in [6.45, 7) is 1.19. The smallest absolute Gasteiger partial charge is 0.255 e. The van der Waals surface area contributed by atoms with Gasteiger partial charge in [-0.1, -0.05) is 18.2 Å². The lowest BCUT2D eigenvalue weighted by atomic mass is 10.1. The van der Waals surface area contributed by atoms with Crippen molar-refractivity contribution in [3.63, 3.8) is 0 Å². The number of nitrogens with zero attached hydrogens (tertiary/aromatic N) is 1. The molecule has 2 aliphatic rings. The summed E-state index contributed by atoms with van der Waals surface area (Å²) < 4.78 is 51.0. The summed E-state index contributed by atoms with van der Waals surface area (Å²) >= 11 is 0. The van der Waals surface area contributed by atoms with Gasteiger partial charge in [0, 0.05) is 36.8 Å². The number of benzene rings is 2. The minimum absolute atomic E-state index is 0.0480. The predicted molar refractivity (Wildman–Crippen MR) is 123 cm³/mol. The molecule has 2 heterocycles. The first-order valence-corrected chi connectivity index (χ1v) is 13.9. The van der Waals surface area contributed by atoms with Gasteiger partial charge in [0.2, 0.25) is 15.9 Å². The highest BCUT2D eigenvalue weighted by Gasteiger charge is 2.31. The minimum atomic E-state index is -3.98. The Hall–Kier alpha value is -2.76. The van der Waals surface area contributed by atoms with Gasteiger partial charge in [0.25, 0.3) is 5.91 Å². The van der Waals surface area contributed by atoms with Gasteiger partial charge in [-0.05, 0) is 48.7 Å². The molecule has 4 rings (SSSR count). The second-order valence-electron chi connectivity index (χ2n) is 8.32. The molecule has 33 heavy (non-hydrogen) atoms. The Morgan fingerprint density at radius 3 is 2.61 bits per heavy atom. The van der Waals surface area contributed by atoms with Gasteiger partial charge in [-0.2, -0.15) is 0 Å². The lowest BCUT2D eigenvalue weighted by Crippen LogP contribution is -2.35. The van der Waals surface area contributed by atoms with Crippen LogP contribution < -0.4 is 10.0 Å². The molecule has 0 aromatic heterocycles. The molecule has 1 atom stereocenters. The van der Waals surface area contributed by atoms with E-state index in [9.17, 15) is 26.4 Å². The Morgan fingerprint density at radius 2 is 1.91 bits per heavy atom. The van der Waals surface area contributed by atoms with E-state index in [2.05, 4.69) is 10.0 Å². The number of nitrogens with one attached hydrogen (secondary N) is 2. The van der Waals surface area contributed by atoms with Gasteiger partial charge < -0.3 is 10.2 Å².